The molecule has 0 unspecified atom stereocenters. The van der Waals surface area contributed by atoms with Gasteiger partial charge in [0.15, 0.2) is 11.3 Å². The van der Waals surface area contributed by atoms with Crippen molar-refractivity contribution in [1.29, 1.82) is 0 Å². The first-order valence-corrected chi connectivity index (χ1v) is 11.5. The molecular weight excluding hydrogens is 457 g/mol. The standard InChI is InChI=1S/C21H21F3N6O2S/c1-5-13-7-6-8-15(33(24,31)32)14(13)11-30-27-16-17(28-30)25-19(20(2,3)4)26-18(16)29-10-9-21(22,23)12-29/h1,6-8H,9-12H2,2-4H3. The van der Waals surface area contributed by atoms with Gasteiger partial charge in [-0.15, -0.1) is 20.5 Å². The average molecular weight is 479 g/mol. The average Bonchev–Trinajstić information content (AvgIpc) is 3.27. The number of halogens is 3. The van der Waals surface area contributed by atoms with Crippen molar-refractivity contribution in [3.05, 3.63) is 35.2 Å². The highest BCUT2D eigenvalue weighted by Crippen LogP contribution is 2.34. The highest BCUT2D eigenvalue weighted by molar-refractivity contribution is 7.86. The maximum absolute atomic E-state index is 13.9. The molecule has 0 amide bonds. The van der Waals surface area contributed by atoms with Crippen LogP contribution in [0.3, 0.4) is 0 Å². The lowest BCUT2D eigenvalue weighted by Crippen LogP contribution is -2.27. The number of hydrogen-bond acceptors (Lipinski definition) is 7. The van der Waals surface area contributed by atoms with E-state index in [2.05, 4.69) is 26.1 Å². The van der Waals surface area contributed by atoms with E-state index in [1.165, 1.54) is 17.0 Å². The lowest BCUT2D eigenvalue weighted by atomic mass is 9.96. The van der Waals surface area contributed by atoms with Gasteiger partial charge >= 0.3 is 10.2 Å². The van der Waals surface area contributed by atoms with E-state index in [4.69, 9.17) is 6.42 Å². The Morgan fingerprint density at radius 2 is 1.94 bits per heavy atom. The van der Waals surface area contributed by atoms with Crippen molar-refractivity contribution < 1.29 is 21.1 Å². The van der Waals surface area contributed by atoms with Gasteiger partial charge in [-0.3, -0.25) is 0 Å². The molecule has 1 aliphatic rings. The Morgan fingerprint density at radius 3 is 2.52 bits per heavy atom. The summed E-state index contributed by atoms with van der Waals surface area (Å²) in [6, 6.07) is 3.91. The molecule has 33 heavy (non-hydrogen) atoms. The fraction of sp³-hybridized carbons (Fsp3) is 0.429. The Balaban J connectivity index is 1.86. The molecule has 0 radical (unpaired) electrons. The molecule has 12 heteroatoms. The van der Waals surface area contributed by atoms with Crippen LogP contribution in [-0.4, -0.2) is 52.4 Å². The summed E-state index contributed by atoms with van der Waals surface area (Å²) in [5, 5.41) is 8.63. The molecule has 0 atom stereocenters. The van der Waals surface area contributed by atoms with Crippen molar-refractivity contribution in [3.63, 3.8) is 0 Å². The molecule has 1 saturated heterocycles. The van der Waals surface area contributed by atoms with Crippen LogP contribution in [0.5, 0.6) is 0 Å². The first-order chi connectivity index (χ1) is 15.3. The third kappa shape index (κ3) is 4.50. The molecule has 8 nitrogen and oxygen atoms in total. The number of anilines is 1. The second kappa shape index (κ2) is 7.69. The zero-order valence-corrected chi connectivity index (χ0v) is 19.0. The van der Waals surface area contributed by atoms with Crippen LogP contribution < -0.4 is 4.90 Å². The Labute approximate surface area is 189 Å². The minimum absolute atomic E-state index is 0.000987. The molecule has 4 rings (SSSR count). The van der Waals surface area contributed by atoms with Gasteiger partial charge in [-0.25, -0.2) is 18.7 Å². The quantitative estimate of drug-likeness (QED) is 0.420. The zero-order valence-electron chi connectivity index (χ0n) is 18.2. The maximum Gasteiger partial charge on any atom is 0.332 e. The van der Waals surface area contributed by atoms with Gasteiger partial charge in [0, 0.05) is 29.5 Å². The molecule has 0 bridgehead atoms. The summed E-state index contributed by atoms with van der Waals surface area (Å²) >= 11 is 0. The van der Waals surface area contributed by atoms with Crippen LogP contribution in [0, 0.1) is 12.3 Å². The summed E-state index contributed by atoms with van der Waals surface area (Å²) in [5.41, 5.74) is 0.00379. The van der Waals surface area contributed by atoms with Crippen LogP contribution in [0.4, 0.5) is 18.5 Å². The fourth-order valence-corrected chi connectivity index (χ4v) is 4.32. The largest absolute Gasteiger partial charge is 0.348 e. The van der Waals surface area contributed by atoms with Crippen LogP contribution in [0.15, 0.2) is 23.1 Å². The lowest BCUT2D eigenvalue weighted by molar-refractivity contribution is 0.0257. The summed E-state index contributed by atoms with van der Waals surface area (Å²) in [7, 11) is -5.06. The Morgan fingerprint density at radius 1 is 1.21 bits per heavy atom. The van der Waals surface area contributed by atoms with Gasteiger partial charge in [0.05, 0.1) is 13.1 Å². The molecular formula is C21H21F3N6O2S. The minimum atomic E-state index is -5.06. The smallest absolute Gasteiger partial charge is 0.332 e. The first kappa shape index (κ1) is 23.0. The highest BCUT2D eigenvalue weighted by atomic mass is 32.3. The first-order valence-electron chi connectivity index (χ1n) is 10.1. The molecule has 1 fully saturated rings. The van der Waals surface area contributed by atoms with Gasteiger partial charge in [-0.2, -0.15) is 13.2 Å². The van der Waals surface area contributed by atoms with E-state index in [1.807, 2.05) is 20.8 Å². The van der Waals surface area contributed by atoms with Crippen molar-refractivity contribution in [2.24, 2.45) is 0 Å². The van der Waals surface area contributed by atoms with Crippen LogP contribution in [0.2, 0.25) is 0 Å². The molecule has 0 N–H and O–H groups in total. The molecule has 174 valence electrons. The van der Waals surface area contributed by atoms with Crippen molar-refractivity contribution in [2.75, 3.05) is 18.0 Å². The number of fused-ring (bicyclic) bond motifs is 1. The molecule has 0 spiro atoms. The van der Waals surface area contributed by atoms with Crippen LogP contribution in [0.1, 0.15) is 44.1 Å². The summed E-state index contributed by atoms with van der Waals surface area (Å²) in [5.74, 6) is 0.0922. The maximum atomic E-state index is 13.9. The number of terminal acetylenes is 1. The molecule has 1 aromatic carbocycles. The second-order valence-electron chi connectivity index (χ2n) is 8.92. The summed E-state index contributed by atoms with van der Waals surface area (Å²) in [6.07, 6.45) is 5.16. The van der Waals surface area contributed by atoms with E-state index in [0.717, 1.165) is 10.9 Å². The minimum Gasteiger partial charge on any atom is -0.348 e. The van der Waals surface area contributed by atoms with Crippen LogP contribution >= 0.6 is 0 Å². The second-order valence-corrected chi connectivity index (χ2v) is 10.2. The van der Waals surface area contributed by atoms with Crippen molar-refractivity contribution in [2.45, 2.75) is 50.0 Å². The third-order valence-electron chi connectivity index (χ3n) is 5.26. The Hall–Kier alpha value is -3.20. The summed E-state index contributed by atoms with van der Waals surface area (Å²) in [6.45, 7) is 4.93. The molecule has 0 aliphatic carbocycles. The van der Waals surface area contributed by atoms with Gasteiger partial charge in [0.25, 0.3) is 5.92 Å². The lowest BCUT2D eigenvalue weighted by Gasteiger charge is -2.21. The molecule has 3 aromatic rings. The highest BCUT2D eigenvalue weighted by Gasteiger charge is 2.40. The number of hydrogen-bond donors (Lipinski definition) is 0. The monoisotopic (exact) mass is 478 g/mol. The van der Waals surface area contributed by atoms with Crippen LogP contribution in [0.25, 0.3) is 11.2 Å². The third-order valence-corrected chi connectivity index (χ3v) is 6.17. The Kier molecular flexibility index (Phi) is 5.35. The van der Waals surface area contributed by atoms with E-state index < -0.39 is 33.0 Å². The number of nitrogens with zero attached hydrogens (tertiary/aromatic N) is 6. The van der Waals surface area contributed by atoms with Gasteiger partial charge in [-0.1, -0.05) is 32.8 Å². The SMILES string of the molecule is C#Cc1cccc(S(=O)(=O)F)c1Cn1nc2nc(C(C)(C)C)nc(N3CCC(F)(F)C3)c2n1. The summed E-state index contributed by atoms with van der Waals surface area (Å²) in [4.78, 5) is 10.9. The van der Waals surface area contributed by atoms with Crippen molar-refractivity contribution in [3.8, 4) is 12.3 Å². The van der Waals surface area contributed by atoms with Crippen molar-refractivity contribution in [1.82, 2.24) is 25.0 Å². The zero-order chi connectivity index (χ0) is 24.2. The topological polar surface area (TPSA) is 93.9 Å². The normalized spacial score (nSPS) is 16.3. The predicted octanol–water partition coefficient (Wildman–Crippen LogP) is 3.05. The van der Waals surface area contributed by atoms with Gasteiger partial charge < -0.3 is 4.90 Å². The van der Waals surface area contributed by atoms with E-state index in [-0.39, 0.29) is 47.6 Å². The fourth-order valence-electron chi connectivity index (χ4n) is 3.61. The Bertz CT molecular complexity index is 1390. The van der Waals surface area contributed by atoms with Gasteiger partial charge in [0.1, 0.15) is 10.7 Å². The number of benzene rings is 1. The molecule has 2 aromatic heterocycles. The van der Waals surface area contributed by atoms with E-state index in [1.54, 1.807) is 0 Å². The van der Waals surface area contributed by atoms with Crippen molar-refractivity contribution >= 4 is 27.2 Å². The number of aromatic nitrogens is 5. The van der Waals surface area contributed by atoms with Crippen LogP contribution in [-0.2, 0) is 22.2 Å². The molecule has 3 heterocycles. The number of alkyl halides is 2. The van der Waals surface area contributed by atoms with Gasteiger partial charge in [0.2, 0.25) is 5.65 Å². The number of rotatable bonds is 4. The summed E-state index contributed by atoms with van der Waals surface area (Å²) < 4.78 is 65.0. The molecule has 0 saturated carbocycles. The van der Waals surface area contributed by atoms with E-state index in [0.29, 0.717) is 5.82 Å². The molecule has 1 aliphatic heterocycles. The van der Waals surface area contributed by atoms with Gasteiger partial charge in [-0.05, 0) is 12.1 Å². The van der Waals surface area contributed by atoms with E-state index >= 15 is 0 Å². The predicted molar refractivity (Wildman–Crippen MR) is 115 cm³/mol. The van der Waals surface area contributed by atoms with E-state index in [9.17, 15) is 21.1 Å².